The minimum absolute atomic E-state index is 0.0631. The van der Waals surface area contributed by atoms with Crippen molar-refractivity contribution in [2.24, 2.45) is 0 Å². The second-order valence-corrected chi connectivity index (χ2v) is 3.26. The summed E-state index contributed by atoms with van der Waals surface area (Å²) in [5.41, 5.74) is 1.18. The van der Waals surface area contributed by atoms with Gasteiger partial charge in [0.1, 0.15) is 6.42 Å². The predicted octanol–water partition coefficient (Wildman–Crippen LogP) is 1.31. The normalized spacial score (nSPS) is 9.88. The van der Waals surface area contributed by atoms with Crippen LogP contribution < -0.4 is 0 Å². The molecule has 16 heavy (non-hydrogen) atoms. The van der Waals surface area contributed by atoms with Crippen LogP contribution in [0.2, 0.25) is 0 Å². The van der Waals surface area contributed by atoms with E-state index in [0.29, 0.717) is 5.56 Å². The number of ketones is 1. The van der Waals surface area contributed by atoms with Crippen molar-refractivity contribution in [3.63, 3.8) is 0 Å². The molecule has 0 spiro atoms. The molecule has 4 heteroatoms. The van der Waals surface area contributed by atoms with E-state index in [2.05, 4.69) is 4.74 Å². The van der Waals surface area contributed by atoms with Gasteiger partial charge in [0.25, 0.3) is 0 Å². The van der Waals surface area contributed by atoms with Crippen molar-refractivity contribution in [3.8, 4) is 0 Å². The molecule has 0 heterocycles. The number of carbonyl (C=O) groups is 2. The zero-order valence-corrected chi connectivity index (χ0v) is 9.10. The fourth-order valence-electron chi connectivity index (χ4n) is 1.24. The fraction of sp³-hybridized carbons (Fsp3) is 0.333. The van der Waals surface area contributed by atoms with E-state index in [9.17, 15) is 9.59 Å². The highest BCUT2D eigenvalue weighted by Crippen LogP contribution is 2.07. The van der Waals surface area contributed by atoms with Gasteiger partial charge in [-0.05, 0) is 12.5 Å². The first kappa shape index (κ1) is 12.4. The van der Waals surface area contributed by atoms with E-state index in [-0.39, 0.29) is 25.4 Å². The maximum Gasteiger partial charge on any atom is 0.313 e. The van der Waals surface area contributed by atoms with Crippen LogP contribution in [-0.4, -0.2) is 23.5 Å². The molecule has 0 aliphatic carbocycles. The Bertz CT molecular complexity index is 367. The smallest absolute Gasteiger partial charge is 0.313 e. The van der Waals surface area contributed by atoms with E-state index in [1.165, 1.54) is 0 Å². The molecule has 0 saturated heterocycles. The molecule has 0 aromatic heterocycles. The second-order valence-electron chi connectivity index (χ2n) is 3.26. The highest BCUT2D eigenvalue weighted by molar-refractivity contribution is 6.05. The Labute approximate surface area is 93.9 Å². The molecule has 0 amide bonds. The largest absolute Gasteiger partial charge is 0.466 e. The third kappa shape index (κ3) is 3.47. The highest BCUT2D eigenvalue weighted by atomic mass is 16.5. The second kappa shape index (κ2) is 6.02. The first-order chi connectivity index (χ1) is 7.67. The third-order valence-corrected chi connectivity index (χ3v) is 2.07. The molecule has 1 aromatic rings. The van der Waals surface area contributed by atoms with Crippen molar-refractivity contribution in [1.29, 1.82) is 0 Å². The van der Waals surface area contributed by atoms with Gasteiger partial charge in [-0.25, -0.2) is 0 Å². The van der Waals surface area contributed by atoms with E-state index in [1.54, 1.807) is 31.2 Å². The minimum Gasteiger partial charge on any atom is -0.466 e. The van der Waals surface area contributed by atoms with Crippen LogP contribution in [0.25, 0.3) is 0 Å². The van der Waals surface area contributed by atoms with Crippen molar-refractivity contribution in [3.05, 3.63) is 35.4 Å². The highest BCUT2D eigenvalue weighted by Gasteiger charge is 2.12. The average molecular weight is 222 g/mol. The molecule has 1 rings (SSSR count). The van der Waals surface area contributed by atoms with Crippen molar-refractivity contribution in [2.75, 3.05) is 6.61 Å². The number of Topliss-reactive ketones (excluding diaryl/α,β-unsaturated/α-hetero) is 1. The molecular weight excluding hydrogens is 208 g/mol. The van der Waals surface area contributed by atoms with E-state index < -0.39 is 5.97 Å². The van der Waals surface area contributed by atoms with Crippen LogP contribution in [0, 0.1) is 0 Å². The van der Waals surface area contributed by atoms with Gasteiger partial charge < -0.3 is 9.84 Å². The average Bonchev–Trinajstić information content (AvgIpc) is 2.29. The van der Waals surface area contributed by atoms with Crippen molar-refractivity contribution in [2.45, 2.75) is 20.0 Å². The molecule has 0 atom stereocenters. The zero-order chi connectivity index (χ0) is 12.0. The van der Waals surface area contributed by atoms with Gasteiger partial charge >= 0.3 is 5.97 Å². The van der Waals surface area contributed by atoms with Crippen LogP contribution in [0.15, 0.2) is 24.3 Å². The Hall–Kier alpha value is -1.68. The Morgan fingerprint density at radius 3 is 2.38 bits per heavy atom. The third-order valence-electron chi connectivity index (χ3n) is 2.07. The van der Waals surface area contributed by atoms with Crippen LogP contribution >= 0.6 is 0 Å². The van der Waals surface area contributed by atoms with Crippen LogP contribution in [0.4, 0.5) is 0 Å². The zero-order valence-electron chi connectivity index (χ0n) is 9.10. The van der Waals surface area contributed by atoms with Gasteiger partial charge in [0.2, 0.25) is 0 Å². The molecule has 4 nitrogen and oxygen atoms in total. The number of hydrogen-bond donors (Lipinski definition) is 1. The number of carbonyl (C=O) groups excluding carboxylic acids is 2. The molecule has 0 aliphatic rings. The molecule has 0 fully saturated rings. The van der Waals surface area contributed by atoms with Crippen molar-refractivity contribution < 1.29 is 19.4 Å². The Morgan fingerprint density at radius 2 is 1.88 bits per heavy atom. The number of ether oxygens (including phenoxy) is 1. The van der Waals surface area contributed by atoms with E-state index in [1.807, 2.05) is 0 Å². The molecule has 0 aliphatic heterocycles. The van der Waals surface area contributed by atoms with Gasteiger partial charge in [0.05, 0.1) is 13.2 Å². The fourth-order valence-corrected chi connectivity index (χ4v) is 1.24. The van der Waals surface area contributed by atoms with Gasteiger partial charge in [-0.3, -0.25) is 9.59 Å². The summed E-state index contributed by atoms with van der Waals surface area (Å²) < 4.78 is 4.68. The Morgan fingerprint density at radius 1 is 1.25 bits per heavy atom. The molecule has 0 bridgehead atoms. The van der Waals surface area contributed by atoms with Gasteiger partial charge in [0.15, 0.2) is 5.78 Å². The van der Waals surface area contributed by atoms with Gasteiger partial charge in [0, 0.05) is 5.56 Å². The number of esters is 1. The van der Waals surface area contributed by atoms with E-state index >= 15 is 0 Å². The van der Waals surface area contributed by atoms with Crippen molar-refractivity contribution >= 4 is 11.8 Å². The van der Waals surface area contributed by atoms with Crippen molar-refractivity contribution in [1.82, 2.24) is 0 Å². The number of aliphatic hydroxyl groups excluding tert-OH is 1. The molecule has 0 radical (unpaired) electrons. The lowest BCUT2D eigenvalue weighted by molar-refractivity contribution is -0.141. The Kier molecular flexibility index (Phi) is 4.66. The summed E-state index contributed by atoms with van der Waals surface area (Å²) in [6, 6.07) is 6.48. The predicted molar refractivity (Wildman–Crippen MR) is 57.9 cm³/mol. The first-order valence-corrected chi connectivity index (χ1v) is 5.06. The lowest BCUT2D eigenvalue weighted by Crippen LogP contribution is -2.11. The Balaban J connectivity index is 2.62. The van der Waals surface area contributed by atoms with Crippen LogP contribution in [-0.2, 0) is 16.1 Å². The monoisotopic (exact) mass is 222 g/mol. The number of hydrogen-bond acceptors (Lipinski definition) is 4. The molecule has 0 saturated carbocycles. The van der Waals surface area contributed by atoms with E-state index in [4.69, 9.17) is 5.11 Å². The SMILES string of the molecule is CCOC(=O)CC(=O)c1ccc(CO)cc1. The lowest BCUT2D eigenvalue weighted by atomic mass is 10.1. The van der Waals surface area contributed by atoms with Gasteiger partial charge in [-0.15, -0.1) is 0 Å². The quantitative estimate of drug-likeness (QED) is 0.463. The molecule has 86 valence electrons. The summed E-state index contributed by atoms with van der Waals surface area (Å²) in [5.74, 6) is -0.790. The van der Waals surface area contributed by atoms with Crippen LogP contribution in [0.3, 0.4) is 0 Å². The topological polar surface area (TPSA) is 63.6 Å². The molecule has 1 aromatic carbocycles. The molecule has 0 unspecified atom stereocenters. The number of rotatable bonds is 5. The van der Waals surface area contributed by atoms with E-state index in [0.717, 1.165) is 5.56 Å². The minimum atomic E-state index is -0.515. The van der Waals surface area contributed by atoms with Crippen LogP contribution in [0.5, 0.6) is 0 Å². The summed E-state index contributed by atoms with van der Waals surface area (Å²) in [6.45, 7) is 1.90. The summed E-state index contributed by atoms with van der Waals surface area (Å²) in [6.07, 6.45) is -0.244. The molecule has 1 N–H and O–H groups in total. The van der Waals surface area contributed by atoms with Gasteiger partial charge in [-0.1, -0.05) is 24.3 Å². The number of benzene rings is 1. The van der Waals surface area contributed by atoms with Crippen LogP contribution in [0.1, 0.15) is 29.3 Å². The molecular formula is C12H14O4. The first-order valence-electron chi connectivity index (χ1n) is 5.06. The van der Waals surface area contributed by atoms with Gasteiger partial charge in [-0.2, -0.15) is 0 Å². The maximum atomic E-state index is 11.6. The standard InChI is InChI=1S/C12H14O4/c1-2-16-12(15)7-11(14)10-5-3-9(8-13)4-6-10/h3-6,13H,2,7-8H2,1H3. The maximum absolute atomic E-state index is 11.6. The number of aliphatic hydroxyl groups is 1. The summed E-state index contributed by atoms with van der Waals surface area (Å²) in [5, 5.41) is 8.82. The lowest BCUT2D eigenvalue weighted by Gasteiger charge is -2.02. The summed E-state index contributed by atoms with van der Waals surface area (Å²) in [4.78, 5) is 22.6. The summed E-state index contributed by atoms with van der Waals surface area (Å²) >= 11 is 0. The summed E-state index contributed by atoms with van der Waals surface area (Å²) in [7, 11) is 0.